The second-order valence-corrected chi connectivity index (χ2v) is 6.46. The molecule has 2 atom stereocenters. The minimum atomic E-state index is -0.135. The molecule has 4 nitrogen and oxygen atoms in total. The standard InChI is InChI=1S/C17H26N2O2/c1-10-7-6-8-19(9-10)13(4)17(21)16-11(2)15(14(5)20)12(3)18-16/h10,13,18H,6-9H2,1-5H3/t10-,13-/m0/s1. The average molecular weight is 290 g/mol. The summed E-state index contributed by atoms with van der Waals surface area (Å²) in [5.41, 5.74) is 2.85. The Kier molecular flexibility index (Phi) is 4.67. The van der Waals surface area contributed by atoms with Gasteiger partial charge in [-0.25, -0.2) is 0 Å². The van der Waals surface area contributed by atoms with Crippen LogP contribution in [0.25, 0.3) is 0 Å². The van der Waals surface area contributed by atoms with Crippen LogP contribution in [0.2, 0.25) is 0 Å². The van der Waals surface area contributed by atoms with E-state index in [0.717, 1.165) is 30.8 Å². The first-order valence-electron chi connectivity index (χ1n) is 7.81. The van der Waals surface area contributed by atoms with Crippen LogP contribution < -0.4 is 0 Å². The van der Waals surface area contributed by atoms with Crippen LogP contribution in [-0.4, -0.2) is 40.6 Å². The number of nitrogens with one attached hydrogen (secondary N) is 1. The van der Waals surface area contributed by atoms with Crippen LogP contribution >= 0.6 is 0 Å². The summed E-state index contributed by atoms with van der Waals surface area (Å²) in [5.74, 6) is 0.755. The number of likely N-dealkylation sites (tertiary alicyclic amines) is 1. The van der Waals surface area contributed by atoms with Crippen LogP contribution in [-0.2, 0) is 0 Å². The van der Waals surface area contributed by atoms with Crippen molar-refractivity contribution in [2.45, 2.75) is 53.5 Å². The second kappa shape index (κ2) is 6.14. The van der Waals surface area contributed by atoms with E-state index in [-0.39, 0.29) is 17.6 Å². The van der Waals surface area contributed by atoms with Crippen LogP contribution in [0.1, 0.15) is 65.7 Å². The third-order valence-corrected chi connectivity index (χ3v) is 4.65. The van der Waals surface area contributed by atoms with Gasteiger partial charge >= 0.3 is 0 Å². The van der Waals surface area contributed by atoms with Crippen LogP contribution in [0.4, 0.5) is 0 Å². The quantitative estimate of drug-likeness (QED) is 0.867. The molecule has 0 bridgehead atoms. The molecule has 1 aromatic heterocycles. The topological polar surface area (TPSA) is 53.2 Å². The molecule has 4 heteroatoms. The van der Waals surface area contributed by atoms with E-state index in [9.17, 15) is 9.59 Å². The Bertz CT molecular complexity index is 559. The molecular formula is C17H26N2O2. The maximum absolute atomic E-state index is 12.8. The zero-order chi connectivity index (χ0) is 15.7. The van der Waals surface area contributed by atoms with Crippen molar-refractivity contribution in [3.63, 3.8) is 0 Å². The highest BCUT2D eigenvalue weighted by Gasteiger charge is 2.29. The normalized spacial score (nSPS) is 21.3. The lowest BCUT2D eigenvalue weighted by Gasteiger charge is -2.34. The first-order valence-corrected chi connectivity index (χ1v) is 7.81. The Balaban J connectivity index is 2.23. The first-order chi connectivity index (χ1) is 9.82. The summed E-state index contributed by atoms with van der Waals surface area (Å²) in [4.78, 5) is 29.9. The van der Waals surface area contributed by atoms with Crippen LogP contribution in [0.3, 0.4) is 0 Å². The van der Waals surface area contributed by atoms with E-state index < -0.39 is 0 Å². The summed E-state index contributed by atoms with van der Waals surface area (Å²) in [6.45, 7) is 11.4. The molecule has 0 aromatic carbocycles. The van der Waals surface area contributed by atoms with Gasteiger partial charge < -0.3 is 4.98 Å². The molecule has 0 saturated carbocycles. The van der Waals surface area contributed by atoms with E-state index in [0.29, 0.717) is 17.2 Å². The van der Waals surface area contributed by atoms with E-state index in [4.69, 9.17) is 0 Å². The molecule has 0 aliphatic carbocycles. The minimum Gasteiger partial charge on any atom is -0.355 e. The number of hydrogen-bond donors (Lipinski definition) is 1. The Morgan fingerprint density at radius 1 is 1.33 bits per heavy atom. The molecule has 21 heavy (non-hydrogen) atoms. The van der Waals surface area contributed by atoms with Crippen LogP contribution in [0.5, 0.6) is 0 Å². The van der Waals surface area contributed by atoms with Gasteiger partial charge in [0.05, 0.1) is 11.7 Å². The summed E-state index contributed by atoms with van der Waals surface area (Å²) >= 11 is 0. The number of aryl methyl sites for hydroxylation is 1. The fraction of sp³-hybridized carbons (Fsp3) is 0.647. The second-order valence-electron chi connectivity index (χ2n) is 6.46. The third-order valence-electron chi connectivity index (χ3n) is 4.65. The van der Waals surface area contributed by atoms with Gasteiger partial charge in [0.15, 0.2) is 11.6 Å². The fourth-order valence-corrected chi connectivity index (χ4v) is 3.48. The highest BCUT2D eigenvalue weighted by molar-refractivity contribution is 6.05. The molecule has 1 N–H and O–H groups in total. The number of ketones is 2. The van der Waals surface area contributed by atoms with Crippen molar-refractivity contribution in [2.75, 3.05) is 13.1 Å². The van der Waals surface area contributed by atoms with Gasteiger partial charge in [0.2, 0.25) is 0 Å². The van der Waals surface area contributed by atoms with Crippen LogP contribution in [0.15, 0.2) is 0 Å². The average Bonchev–Trinajstić information content (AvgIpc) is 2.72. The monoisotopic (exact) mass is 290 g/mol. The summed E-state index contributed by atoms with van der Waals surface area (Å²) in [6.07, 6.45) is 2.40. The summed E-state index contributed by atoms with van der Waals surface area (Å²) < 4.78 is 0. The number of carbonyl (C=O) groups is 2. The van der Waals surface area contributed by atoms with Crippen LogP contribution in [0, 0.1) is 19.8 Å². The van der Waals surface area contributed by atoms with Crippen molar-refractivity contribution in [3.8, 4) is 0 Å². The van der Waals surface area contributed by atoms with E-state index >= 15 is 0 Å². The Hall–Kier alpha value is -1.42. The predicted octanol–water partition coefficient (Wildman–Crippen LogP) is 3.14. The van der Waals surface area contributed by atoms with Crippen molar-refractivity contribution in [1.82, 2.24) is 9.88 Å². The lowest BCUT2D eigenvalue weighted by Crippen LogP contribution is -2.44. The molecule has 0 unspecified atom stereocenters. The number of aromatic amines is 1. The Labute approximate surface area is 126 Å². The lowest BCUT2D eigenvalue weighted by molar-refractivity contribution is 0.0759. The van der Waals surface area contributed by atoms with Gasteiger partial charge in [-0.05, 0) is 58.6 Å². The molecular weight excluding hydrogens is 264 g/mol. The number of H-pyrrole nitrogens is 1. The highest BCUT2D eigenvalue weighted by atomic mass is 16.1. The van der Waals surface area contributed by atoms with Gasteiger partial charge in [0.1, 0.15) is 0 Å². The molecule has 1 aliphatic rings. The molecule has 2 rings (SSSR count). The van der Waals surface area contributed by atoms with Gasteiger partial charge in [-0.15, -0.1) is 0 Å². The molecule has 1 fully saturated rings. The molecule has 1 aliphatic heterocycles. The predicted molar refractivity (Wildman–Crippen MR) is 84.0 cm³/mol. The Morgan fingerprint density at radius 2 is 2.00 bits per heavy atom. The maximum atomic E-state index is 12.8. The van der Waals surface area contributed by atoms with Crippen molar-refractivity contribution in [2.24, 2.45) is 5.92 Å². The largest absolute Gasteiger partial charge is 0.355 e. The number of rotatable bonds is 4. The number of aromatic nitrogens is 1. The van der Waals surface area contributed by atoms with Crippen molar-refractivity contribution in [1.29, 1.82) is 0 Å². The summed E-state index contributed by atoms with van der Waals surface area (Å²) in [7, 11) is 0. The summed E-state index contributed by atoms with van der Waals surface area (Å²) in [5, 5.41) is 0. The zero-order valence-corrected chi connectivity index (χ0v) is 13.7. The smallest absolute Gasteiger partial charge is 0.196 e. The van der Waals surface area contributed by atoms with E-state index in [1.165, 1.54) is 6.42 Å². The Morgan fingerprint density at radius 3 is 2.52 bits per heavy atom. The van der Waals surface area contributed by atoms with E-state index in [2.05, 4.69) is 16.8 Å². The highest BCUT2D eigenvalue weighted by Crippen LogP contribution is 2.23. The molecule has 2 heterocycles. The first kappa shape index (κ1) is 16.0. The van der Waals surface area contributed by atoms with E-state index in [1.807, 2.05) is 20.8 Å². The van der Waals surface area contributed by atoms with Gasteiger partial charge in [-0.3, -0.25) is 14.5 Å². The fourth-order valence-electron chi connectivity index (χ4n) is 3.48. The van der Waals surface area contributed by atoms with Crippen molar-refractivity contribution < 1.29 is 9.59 Å². The number of carbonyl (C=O) groups excluding carboxylic acids is 2. The van der Waals surface area contributed by atoms with Gasteiger partial charge in [-0.1, -0.05) is 6.92 Å². The maximum Gasteiger partial charge on any atom is 0.196 e. The molecule has 0 radical (unpaired) electrons. The number of piperidine rings is 1. The van der Waals surface area contributed by atoms with Crippen molar-refractivity contribution in [3.05, 3.63) is 22.5 Å². The SMILES string of the molecule is CC(=O)c1c(C)[nH]c(C(=O)[C@H](C)N2CCC[C@H](C)C2)c1C. The van der Waals surface area contributed by atoms with E-state index in [1.54, 1.807) is 6.92 Å². The van der Waals surface area contributed by atoms with Gasteiger partial charge in [0.25, 0.3) is 0 Å². The zero-order valence-electron chi connectivity index (χ0n) is 13.7. The molecule has 1 aromatic rings. The molecule has 116 valence electrons. The minimum absolute atomic E-state index is 0.0135. The summed E-state index contributed by atoms with van der Waals surface area (Å²) in [6, 6.07) is -0.135. The van der Waals surface area contributed by atoms with Gasteiger partial charge in [0, 0.05) is 17.8 Å². The third kappa shape index (κ3) is 3.10. The van der Waals surface area contributed by atoms with Crippen molar-refractivity contribution >= 4 is 11.6 Å². The molecule has 0 spiro atoms. The lowest BCUT2D eigenvalue weighted by atomic mass is 9.96. The van der Waals surface area contributed by atoms with Gasteiger partial charge in [-0.2, -0.15) is 0 Å². The number of hydrogen-bond acceptors (Lipinski definition) is 3. The molecule has 0 amide bonds. The number of Topliss-reactive ketones (excluding diaryl/α,β-unsaturated/α-hetero) is 2. The molecule has 1 saturated heterocycles. The number of nitrogens with zero attached hydrogens (tertiary/aromatic N) is 1.